The van der Waals surface area contributed by atoms with Crippen LogP contribution in [-0.4, -0.2) is 23.0 Å². The first-order valence-corrected chi connectivity index (χ1v) is 8.95. The number of ether oxygens (including phenoxy) is 1. The molecule has 1 amide bonds. The summed E-state index contributed by atoms with van der Waals surface area (Å²) in [6.45, 7) is 0.446. The predicted octanol–water partition coefficient (Wildman–Crippen LogP) is 4.24. The van der Waals surface area contributed by atoms with Crippen LogP contribution >= 0.6 is 0 Å². The molecule has 138 valence electrons. The van der Waals surface area contributed by atoms with E-state index in [9.17, 15) is 4.79 Å². The van der Waals surface area contributed by atoms with Crippen LogP contribution in [0.1, 0.15) is 15.9 Å². The van der Waals surface area contributed by atoms with Gasteiger partial charge in [-0.05, 0) is 41.5 Å². The van der Waals surface area contributed by atoms with Crippen LogP contribution in [0.4, 0.5) is 0 Å². The van der Waals surface area contributed by atoms with E-state index in [1.54, 1.807) is 25.7 Å². The minimum atomic E-state index is -0.117. The number of hydrogen-bond donors (Lipinski definition) is 1. The summed E-state index contributed by atoms with van der Waals surface area (Å²) < 4.78 is 5.35. The maximum Gasteiger partial charge on any atom is 0.251 e. The second-order valence-electron chi connectivity index (χ2n) is 6.32. The molecule has 0 saturated carbocycles. The minimum Gasteiger partial charge on any atom is -0.494 e. The number of rotatable bonds is 5. The van der Waals surface area contributed by atoms with Crippen molar-refractivity contribution in [1.29, 1.82) is 0 Å². The largest absolute Gasteiger partial charge is 0.494 e. The third kappa shape index (κ3) is 3.55. The second-order valence-corrected chi connectivity index (χ2v) is 6.32. The molecule has 2 heterocycles. The van der Waals surface area contributed by atoms with Crippen molar-refractivity contribution in [2.24, 2.45) is 0 Å². The van der Waals surface area contributed by atoms with Crippen LogP contribution in [0.25, 0.3) is 22.0 Å². The fourth-order valence-corrected chi connectivity index (χ4v) is 3.17. The smallest absolute Gasteiger partial charge is 0.251 e. The van der Waals surface area contributed by atoms with Crippen molar-refractivity contribution in [3.8, 4) is 16.9 Å². The molecule has 5 heteroatoms. The Morgan fingerprint density at radius 2 is 1.82 bits per heavy atom. The zero-order valence-electron chi connectivity index (χ0n) is 15.4. The van der Waals surface area contributed by atoms with Gasteiger partial charge in [-0.1, -0.05) is 30.3 Å². The van der Waals surface area contributed by atoms with Crippen LogP contribution in [0.5, 0.6) is 5.75 Å². The maximum atomic E-state index is 12.6. The summed E-state index contributed by atoms with van der Waals surface area (Å²) >= 11 is 0. The van der Waals surface area contributed by atoms with E-state index >= 15 is 0 Å². The molecule has 0 unspecified atom stereocenters. The van der Waals surface area contributed by atoms with Gasteiger partial charge >= 0.3 is 0 Å². The van der Waals surface area contributed by atoms with Gasteiger partial charge < -0.3 is 10.1 Å². The molecule has 0 bridgehead atoms. The highest BCUT2D eigenvalue weighted by atomic mass is 16.5. The van der Waals surface area contributed by atoms with Gasteiger partial charge in [0.1, 0.15) is 5.75 Å². The van der Waals surface area contributed by atoms with Gasteiger partial charge in [-0.25, -0.2) is 0 Å². The molecule has 5 nitrogen and oxygen atoms in total. The van der Waals surface area contributed by atoms with Gasteiger partial charge in [0.15, 0.2) is 0 Å². The standard InChI is InChI=1S/C23H19N3O2/c1-28-22-15-24-12-11-20(22)16-6-8-17(9-7-16)23(27)26-14-18-10-13-25-21-5-3-2-4-19(18)21/h2-13,15H,14H2,1H3,(H,26,27). The predicted molar refractivity (Wildman–Crippen MR) is 109 cm³/mol. The maximum absolute atomic E-state index is 12.6. The van der Waals surface area contributed by atoms with Gasteiger partial charge in [-0.3, -0.25) is 14.8 Å². The molecule has 0 aliphatic heterocycles. The van der Waals surface area contributed by atoms with Gasteiger partial charge in [-0.2, -0.15) is 0 Å². The minimum absolute atomic E-state index is 0.117. The number of benzene rings is 2. The Morgan fingerprint density at radius 3 is 2.64 bits per heavy atom. The summed E-state index contributed by atoms with van der Waals surface area (Å²) in [6, 6.07) is 19.2. The Bertz CT molecular complexity index is 1120. The fourth-order valence-electron chi connectivity index (χ4n) is 3.17. The first-order chi connectivity index (χ1) is 13.8. The van der Waals surface area contributed by atoms with Crippen molar-refractivity contribution in [3.63, 3.8) is 0 Å². The first-order valence-electron chi connectivity index (χ1n) is 8.95. The number of pyridine rings is 2. The van der Waals surface area contributed by atoms with Crippen molar-refractivity contribution in [3.05, 3.63) is 90.4 Å². The van der Waals surface area contributed by atoms with E-state index in [1.807, 2.05) is 60.7 Å². The van der Waals surface area contributed by atoms with Crippen LogP contribution in [0, 0.1) is 0 Å². The van der Waals surface area contributed by atoms with E-state index in [0.717, 1.165) is 27.6 Å². The summed E-state index contributed by atoms with van der Waals surface area (Å²) in [7, 11) is 1.62. The van der Waals surface area contributed by atoms with Crippen molar-refractivity contribution in [2.45, 2.75) is 6.54 Å². The van der Waals surface area contributed by atoms with Crippen LogP contribution < -0.4 is 10.1 Å². The average Bonchev–Trinajstić information content (AvgIpc) is 2.77. The molecule has 0 radical (unpaired) electrons. The summed E-state index contributed by atoms with van der Waals surface area (Å²) in [6.07, 6.45) is 5.16. The van der Waals surface area contributed by atoms with Crippen molar-refractivity contribution >= 4 is 16.8 Å². The third-order valence-electron chi connectivity index (χ3n) is 4.64. The highest BCUT2D eigenvalue weighted by molar-refractivity contribution is 5.95. The molecular weight excluding hydrogens is 350 g/mol. The molecule has 1 N–H and O–H groups in total. The van der Waals surface area contributed by atoms with Gasteiger partial charge in [0.2, 0.25) is 0 Å². The normalized spacial score (nSPS) is 10.6. The Morgan fingerprint density at radius 1 is 1.00 bits per heavy atom. The number of para-hydroxylation sites is 1. The molecule has 0 atom stereocenters. The SMILES string of the molecule is COc1cnccc1-c1ccc(C(=O)NCc2ccnc3ccccc23)cc1. The Labute approximate surface area is 163 Å². The number of carbonyl (C=O) groups is 1. The molecule has 4 aromatic rings. The van der Waals surface area contributed by atoms with Crippen LogP contribution in [0.15, 0.2) is 79.3 Å². The Hall–Kier alpha value is -3.73. The molecule has 2 aromatic heterocycles. The molecule has 4 rings (SSSR count). The molecule has 0 aliphatic carbocycles. The van der Waals surface area contributed by atoms with Crippen molar-refractivity contribution < 1.29 is 9.53 Å². The van der Waals surface area contributed by atoms with Crippen LogP contribution in [0.3, 0.4) is 0 Å². The van der Waals surface area contributed by atoms with Crippen molar-refractivity contribution in [1.82, 2.24) is 15.3 Å². The van der Waals surface area contributed by atoms with E-state index < -0.39 is 0 Å². The average molecular weight is 369 g/mol. The summed E-state index contributed by atoms with van der Waals surface area (Å²) in [5.74, 6) is 0.582. The number of aromatic nitrogens is 2. The molecule has 0 aliphatic rings. The third-order valence-corrected chi connectivity index (χ3v) is 4.64. The van der Waals surface area contributed by atoms with E-state index in [2.05, 4.69) is 15.3 Å². The molecule has 2 aromatic carbocycles. The molecule has 0 saturated heterocycles. The van der Waals surface area contributed by atoms with Gasteiger partial charge in [0.25, 0.3) is 5.91 Å². The van der Waals surface area contributed by atoms with Crippen LogP contribution in [-0.2, 0) is 6.54 Å². The lowest BCUT2D eigenvalue weighted by atomic mass is 10.0. The number of amides is 1. The number of fused-ring (bicyclic) bond motifs is 1. The molecule has 0 fully saturated rings. The van der Waals surface area contributed by atoms with Gasteiger partial charge in [-0.15, -0.1) is 0 Å². The van der Waals surface area contributed by atoms with E-state index in [0.29, 0.717) is 17.9 Å². The van der Waals surface area contributed by atoms with Gasteiger partial charge in [0.05, 0.1) is 18.8 Å². The van der Waals surface area contributed by atoms with Gasteiger partial charge in [0, 0.05) is 35.5 Å². The van der Waals surface area contributed by atoms with Crippen molar-refractivity contribution in [2.75, 3.05) is 7.11 Å². The topological polar surface area (TPSA) is 64.1 Å². The monoisotopic (exact) mass is 369 g/mol. The molecular formula is C23H19N3O2. The summed E-state index contributed by atoms with van der Waals surface area (Å²) in [5, 5.41) is 4.03. The number of carbonyl (C=O) groups excluding carboxylic acids is 1. The lowest BCUT2D eigenvalue weighted by Crippen LogP contribution is -2.22. The van der Waals surface area contributed by atoms with E-state index in [4.69, 9.17) is 4.74 Å². The first kappa shape index (κ1) is 17.7. The number of nitrogens with one attached hydrogen (secondary N) is 1. The van der Waals surface area contributed by atoms with E-state index in [1.165, 1.54) is 0 Å². The number of nitrogens with zero attached hydrogens (tertiary/aromatic N) is 2. The lowest BCUT2D eigenvalue weighted by molar-refractivity contribution is 0.0951. The fraction of sp³-hybridized carbons (Fsp3) is 0.0870. The number of hydrogen-bond acceptors (Lipinski definition) is 4. The second kappa shape index (κ2) is 7.88. The van der Waals surface area contributed by atoms with Crippen LogP contribution in [0.2, 0.25) is 0 Å². The quantitative estimate of drug-likeness (QED) is 0.572. The lowest BCUT2D eigenvalue weighted by Gasteiger charge is -2.10. The zero-order chi connectivity index (χ0) is 19.3. The molecule has 0 spiro atoms. The number of methoxy groups -OCH3 is 1. The Kier molecular flexibility index (Phi) is 4.97. The van der Waals surface area contributed by atoms with E-state index in [-0.39, 0.29) is 5.91 Å². The zero-order valence-corrected chi connectivity index (χ0v) is 15.4. The molecule has 28 heavy (non-hydrogen) atoms. The summed E-state index contributed by atoms with van der Waals surface area (Å²) in [4.78, 5) is 21.0. The highest BCUT2D eigenvalue weighted by Gasteiger charge is 2.09. The highest BCUT2D eigenvalue weighted by Crippen LogP contribution is 2.28. The summed E-state index contributed by atoms with van der Waals surface area (Å²) in [5.41, 5.74) is 4.47. The Balaban J connectivity index is 1.49.